The molecule has 36 heavy (non-hydrogen) atoms. The van der Waals surface area contributed by atoms with Crippen molar-refractivity contribution in [3.63, 3.8) is 0 Å². The van der Waals surface area contributed by atoms with Crippen LogP contribution in [0.25, 0.3) is 32.7 Å². The van der Waals surface area contributed by atoms with Crippen LogP contribution in [0.4, 0.5) is 0 Å². The normalized spacial score (nSPS) is 15.0. The molecule has 0 unspecified atom stereocenters. The van der Waals surface area contributed by atoms with Crippen LogP contribution in [0.2, 0.25) is 0 Å². The largest absolute Gasteiger partial charge is 0.293 e. The first-order valence-electron chi connectivity index (χ1n) is 12.4. The lowest BCUT2D eigenvalue weighted by Crippen LogP contribution is -2.29. The number of carbonyl (C=O) groups is 1. The van der Waals surface area contributed by atoms with Gasteiger partial charge in [-0.15, -0.1) is 11.3 Å². The number of benzene rings is 2. The highest BCUT2D eigenvalue weighted by Gasteiger charge is 2.32. The number of thiazole rings is 1. The molecule has 184 valence electrons. The molecule has 8 heteroatoms. The minimum atomic E-state index is -0.0127. The van der Waals surface area contributed by atoms with Crippen LogP contribution in [0.15, 0.2) is 65.7 Å². The van der Waals surface area contributed by atoms with E-state index >= 15 is 0 Å². The van der Waals surface area contributed by atoms with E-state index in [1.807, 2.05) is 65.5 Å². The molecule has 1 amide bonds. The summed E-state index contributed by atoms with van der Waals surface area (Å²) in [5.74, 6) is -0.0127. The molecule has 0 radical (unpaired) electrons. The Morgan fingerprint density at radius 1 is 0.972 bits per heavy atom. The third-order valence-corrected chi connectivity index (χ3v) is 8.58. The lowest BCUT2D eigenvalue weighted by molar-refractivity contribution is -0.122. The van der Waals surface area contributed by atoms with Gasteiger partial charge in [-0.25, -0.2) is 9.67 Å². The molecule has 2 aromatic carbocycles. The van der Waals surface area contributed by atoms with Gasteiger partial charge in [0.25, 0.3) is 5.91 Å². The average molecular weight is 533 g/mol. The van der Waals surface area contributed by atoms with Crippen molar-refractivity contribution in [3.8, 4) is 16.4 Å². The van der Waals surface area contributed by atoms with Gasteiger partial charge >= 0.3 is 0 Å². The summed E-state index contributed by atoms with van der Waals surface area (Å²) in [6, 6.07) is 18.1. The van der Waals surface area contributed by atoms with Gasteiger partial charge in [0.2, 0.25) is 0 Å². The minimum Gasteiger partial charge on any atom is -0.293 e. The lowest BCUT2D eigenvalue weighted by atomic mass is 10.1. The van der Waals surface area contributed by atoms with Crippen LogP contribution < -0.4 is 0 Å². The standard InChI is InChI=1S/C28H28N4OS3/c1-2-3-4-5-6-12-17-31-27(33)24(36-28(31)34)18-20-19-32(21-13-8-7-9-14-21)30-25(20)26-29-22-15-10-11-16-23(22)35-26/h7-11,13-16,18-19H,2-6,12,17H2,1H3/b24-18-. The quantitative estimate of drug-likeness (QED) is 0.119. The van der Waals surface area contributed by atoms with E-state index in [1.54, 1.807) is 16.2 Å². The van der Waals surface area contributed by atoms with Gasteiger partial charge in [-0.2, -0.15) is 5.10 Å². The number of unbranched alkanes of at least 4 members (excludes halogenated alkanes) is 5. The number of para-hydroxylation sites is 2. The molecule has 2 aromatic heterocycles. The number of carbonyl (C=O) groups excluding carboxylic acids is 1. The SMILES string of the molecule is CCCCCCCCN1C(=O)/C(=C/c2cn(-c3ccccc3)nc2-c2nc3ccccc3s2)SC1=S. The Kier molecular flexibility index (Phi) is 7.94. The molecule has 0 spiro atoms. The number of rotatable bonds is 10. The van der Waals surface area contributed by atoms with E-state index in [-0.39, 0.29) is 5.91 Å². The molecular weight excluding hydrogens is 505 g/mol. The molecule has 3 heterocycles. The molecule has 0 atom stereocenters. The minimum absolute atomic E-state index is 0.0127. The molecule has 1 aliphatic heterocycles. The molecule has 1 aliphatic rings. The first-order valence-corrected chi connectivity index (χ1v) is 14.4. The zero-order valence-corrected chi connectivity index (χ0v) is 22.7. The molecule has 0 bridgehead atoms. The molecule has 0 aliphatic carbocycles. The van der Waals surface area contributed by atoms with Gasteiger partial charge < -0.3 is 0 Å². The van der Waals surface area contributed by atoms with E-state index in [0.717, 1.165) is 45.0 Å². The Morgan fingerprint density at radius 2 is 1.72 bits per heavy atom. The smallest absolute Gasteiger partial charge is 0.266 e. The highest BCUT2D eigenvalue weighted by molar-refractivity contribution is 8.26. The highest BCUT2D eigenvalue weighted by atomic mass is 32.2. The summed E-state index contributed by atoms with van der Waals surface area (Å²) in [6.45, 7) is 2.90. The number of fused-ring (bicyclic) bond motifs is 1. The fourth-order valence-electron chi connectivity index (χ4n) is 4.23. The molecular formula is C28H28N4OS3. The number of amides is 1. The monoisotopic (exact) mass is 532 g/mol. The van der Waals surface area contributed by atoms with Gasteiger partial charge in [0, 0.05) is 18.3 Å². The number of hydrogen-bond acceptors (Lipinski definition) is 6. The highest BCUT2D eigenvalue weighted by Crippen LogP contribution is 2.37. The van der Waals surface area contributed by atoms with E-state index in [9.17, 15) is 4.79 Å². The second-order valence-corrected chi connectivity index (χ2v) is 11.5. The van der Waals surface area contributed by atoms with Gasteiger partial charge in [0.1, 0.15) is 15.0 Å². The zero-order chi connectivity index (χ0) is 24.9. The summed E-state index contributed by atoms with van der Waals surface area (Å²) in [5, 5.41) is 5.72. The van der Waals surface area contributed by atoms with E-state index in [1.165, 1.54) is 37.4 Å². The van der Waals surface area contributed by atoms with E-state index in [2.05, 4.69) is 13.0 Å². The van der Waals surface area contributed by atoms with Crippen molar-refractivity contribution in [2.75, 3.05) is 6.54 Å². The Labute approximate surface area is 225 Å². The number of nitrogens with zero attached hydrogens (tertiary/aromatic N) is 4. The van der Waals surface area contributed by atoms with Crippen LogP contribution in [0.5, 0.6) is 0 Å². The first-order chi connectivity index (χ1) is 17.6. The van der Waals surface area contributed by atoms with Crippen molar-refractivity contribution in [3.05, 3.63) is 71.3 Å². The molecule has 0 saturated carbocycles. The average Bonchev–Trinajstić information content (AvgIpc) is 3.58. The van der Waals surface area contributed by atoms with Gasteiger partial charge in [0.05, 0.1) is 20.8 Å². The molecule has 5 rings (SSSR count). The Balaban J connectivity index is 1.43. The molecule has 5 nitrogen and oxygen atoms in total. The van der Waals surface area contributed by atoms with Gasteiger partial charge in [-0.1, -0.05) is 93.3 Å². The van der Waals surface area contributed by atoms with Crippen LogP contribution in [0.1, 0.15) is 51.0 Å². The second-order valence-electron chi connectivity index (χ2n) is 8.80. The number of thioether (sulfide) groups is 1. The molecule has 1 fully saturated rings. The third-order valence-electron chi connectivity index (χ3n) is 6.16. The van der Waals surface area contributed by atoms with Gasteiger partial charge in [-0.3, -0.25) is 9.69 Å². The topological polar surface area (TPSA) is 51.0 Å². The summed E-state index contributed by atoms with van der Waals surface area (Å²) in [6.07, 6.45) is 11.0. The van der Waals surface area contributed by atoms with Crippen molar-refractivity contribution in [1.82, 2.24) is 19.7 Å². The summed E-state index contributed by atoms with van der Waals surface area (Å²) in [7, 11) is 0. The predicted molar refractivity (Wildman–Crippen MR) is 155 cm³/mol. The van der Waals surface area contributed by atoms with Crippen LogP contribution in [-0.2, 0) is 4.79 Å². The summed E-state index contributed by atoms with van der Waals surface area (Å²) in [5.41, 5.74) is 3.53. The van der Waals surface area contributed by atoms with Crippen LogP contribution in [0, 0.1) is 0 Å². The number of aromatic nitrogens is 3. The maximum atomic E-state index is 13.3. The fraction of sp³-hybridized carbons (Fsp3) is 0.286. The van der Waals surface area contributed by atoms with Crippen molar-refractivity contribution in [1.29, 1.82) is 0 Å². The fourth-order valence-corrected chi connectivity index (χ4v) is 6.50. The Bertz CT molecular complexity index is 1370. The van der Waals surface area contributed by atoms with E-state index < -0.39 is 0 Å². The zero-order valence-electron chi connectivity index (χ0n) is 20.2. The van der Waals surface area contributed by atoms with Crippen molar-refractivity contribution in [2.24, 2.45) is 0 Å². The predicted octanol–water partition coefficient (Wildman–Crippen LogP) is 7.71. The maximum absolute atomic E-state index is 13.3. The van der Waals surface area contributed by atoms with Crippen molar-refractivity contribution >= 4 is 61.8 Å². The van der Waals surface area contributed by atoms with Crippen LogP contribution in [0.3, 0.4) is 0 Å². The Hall–Kier alpha value is -2.81. The third kappa shape index (κ3) is 5.45. The second kappa shape index (κ2) is 11.5. The molecule has 4 aromatic rings. The van der Waals surface area contributed by atoms with Crippen LogP contribution >= 0.6 is 35.3 Å². The molecule has 0 N–H and O–H groups in total. The van der Waals surface area contributed by atoms with Crippen molar-refractivity contribution < 1.29 is 4.79 Å². The van der Waals surface area contributed by atoms with Crippen LogP contribution in [-0.4, -0.2) is 36.4 Å². The summed E-state index contributed by atoms with van der Waals surface area (Å²) >= 11 is 8.56. The Morgan fingerprint density at radius 3 is 2.53 bits per heavy atom. The van der Waals surface area contributed by atoms with E-state index in [0.29, 0.717) is 15.8 Å². The van der Waals surface area contributed by atoms with Gasteiger partial charge in [-0.05, 0) is 36.8 Å². The summed E-state index contributed by atoms with van der Waals surface area (Å²) < 4.78 is 3.60. The maximum Gasteiger partial charge on any atom is 0.266 e. The molecule has 1 saturated heterocycles. The first kappa shape index (κ1) is 24.9. The number of hydrogen-bond donors (Lipinski definition) is 0. The van der Waals surface area contributed by atoms with Crippen molar-refractivity contribution in [2.45, 2.75) is 45.4 Å². The van der Waals surface area contributed by atoms with Gasteiger partial charge in [0.15, 0.2) is 0 Å². The lowest BCUT2D eigenvalue weighted by Gasteiger charge is -2.13. The summed E-state index contributed by atoms with van der Waals surface area (Å²) in [4.78, 5) is 20.5. The van der Waals surface area contributed by atoms with E-state index in [4.69, 9.17) is 22.3 Å². The number of thiocarbonyl (C=S) groups is 1.